The van der Waals surface area contributed by atoms with Crippen LogP contribution in [0.1, 0.15) is 62.9 Å². The summed E-state index contributed by atoms with van der Waals surface area (Å²) in [5.74, 6) is 3.53. The minimum Gasteiger partial charge on any atom is -0.442 e. The molecule has 4 aromatic rings. The third kappa shape index (κ3) is 4.25. The largest absolute Gasteiger partial charge is 0.442 e. The molecule has 4 heterocycles. The van der Waals surface area contributed by atoms with Crippen LogP contribution in [-0.2, 0) is 6.42 Å². The van der Waals surface area contributed by atoms with Gasteiger partial charge in [0.2, 0.25) is 5.89 Å². The number of anilines is 1. The Balaban J connectivity index is 1.54. The molecule has 5 rings (SSSR count). The third-order valence-electron chi connectivity index (χ3n) is 6.10. The van der Waals surface area contributed by atoms with Gasteiger partial charge >= 0.3 is 0 Å². The summed E-state index contributed by atoms with van der Waals surface area (Å²) in [6.07, 6.45) is 4.66. The van der Waals surface area contributed by atoms with E-state index in [-0.39, 0.29) is 12.0 Å². The van der Waals surface area contributed by atoms with Crippen molar-refractivity contribution in [2.24, 2.45) is 0 Å². The molecule has 1 aliphatic heterocycles. The van der Waals surface area contributed by atoms with Crippen molar-refractivity contribution >= 4 is 5.82 Å². The first-order valence-corrected chi connectivity index (χ1v) is 11.8. The molecule has 0 unspecified atom stereocenters. The van der Waals surface area contributed by atoms with Crippen LogP contribution in [0.3, 0.4) is 0 Å². The smallest absolute Gasteiger partial charge is 0.217 e. The maximum atomic E-state index is 6.43. The molecule has 1 fully saturated rings. The lowest BCUT2D eigenvalue weighted by atomic mass is 10.0. The van der Waals surface area contributed by atoms with Crippen molar-refractivity contribution in [1.82, 2.24) is 19.9 Å². The zero-order valence-corrected chi connectivity index (χ0v) is 19.4. The molecule has 0 N–H and O–H groups in total. The highest BCUT2D eigenvalue weighted by molar-refractivity contribution is 5.62. The number of aromatic nitrogens is 4. The van der Waals surface area contributed by atoms with Crippen molar-refractivity contribution in [3.63, 3.8) is 0 Å². The molecule has 3 aromatic heterocycles. The summed E-state index contributed by atoms with van der Waals surface area (Å²) in [7, 11) is 0. The van der Waals surface area contributed by atoms with Crippen molar-refractivity contribution in [2.75, 3.05) is 11.4 Å². The molecular formula is C27H29N5O. The molecule has 0 radical (unpaired) electrons. The molecule has 1 aliphatic rings. The van der Waals surface area contributed by atoms with Gasteiger partial charge in [-0.1, -0.05) is 57.2 Å². The third-order valence-corrected chi connectivity index (χ3v) is 6.10. The number of benzene rings is 1. The van der Waals surface area contributed by atoms with Crippen LogP contribution in [0.4, 0.5) is 5.82 Å². The second-order valence-corrected chi connectivity index (χ2v) is 8.75. The Morgan fingerprint density at radius 3 is 2.58 bits per heavy atom. The second kappa shape index (κ2) is 9.14. The van der Waals surface area contributed by atoms with E-state index in [2.05, 4.69) is 48.9 Å². The molecule has 33 heavy (non-hydrogen) atoms. The number of hydrogen-bond acceptors (Lipinski definition) is 6. The minimum absolute atomic E-state index is 0.0520. The van der Waals surface area contributed by atoms with Gasteiger partial charge in [-0.25, -0.2) is 15.0 Å². The zero-order chi connectivity index (χ0) is 22.8. The molecule has 0 spiro atoms. The Labute approximate surface area is 194 Å². The lowest BCUT2D eigenvalue weighted by Gasteiger charge is -2.24. The lowest BCUT2D eigenvalue weighted by molar-refractivity contribution is 0.408. The monoisotopic (exact) mass is 439 g/mol. The van der Waals surface area contributed by atoms with E-state index >= 15 is 0 Å². The Morgan fingerprint density at radius 1 is 1.03 bits per heavy atom. The highest BCUT2D eigenvalue weighted by Gasteiger charge is 2.33. The fourth-order valence-electron chi connectivity index (χ4n) is 4.40. The van der Waals surface area contributed by atoms with Crippen molar-refractivity contribution in [2.45, 2.75) is 52.0 Å². The Kier molecular flexibility index (Phi) is 5.90. The number of nitrogens with zero attached hydrogens (tertiary/aromatic N) is 5. The molecule has 0 saturated carbocycles. The first-order chi connectivity index (χ1) is 16.1. The van der Waals surface area contributed by atoms with Crippen molar-refractivity contribution in [3.05, 3.63) is 78.1 Å². The van der Waals surface area contributed by atoms with Crippen LogP contribution in [0.2, 0.25) is 0 Å². The van der Waals surface area contributed by atoms with E-state index in [4.69, 9.17) is 19.4 Å². The predicted molar refractivity (Wildman–Crippen MR) is 130 cm³/mol. The summed E-state index contributed by atoms with van der Waals surface area (Å²) >= 11 is 0. The van der Waals surface area contributed by atoms with Gasteiger partial charge in [-0.05, 0) is 31.4 Å². The lowest BCUT2D eigenvalue weighted by Crippen LogP contribution is -2.24. The zero-order valence-electron chi connectivity index (χ0n) is 19.4. The van der Waals surface area contributed by atoms with E-state index < -0.39 is 0 Å². The Bertz CT molecular complexity index is 1220. The number of hydrogen-bond donors (Lipinski definition) is 0. The van der Waals surface area contributed by atoms with E-state index in [9.17, 15) is 0 Å². The number of rotatable bonds is 6. The van der Waals surface area contributed by atoms with Crippen LogP contribution in [0.25, 0.3) is 22.8 Å². The molecule has 168 valence electrons. The van der Waals surface area contributed by atoms with Crippen LogP contribution in [0, 0.1) is 0 Å². The fourth-order valence-corrected chi connectivity index (χ4v) is 4.40. The average Bonchev–Trinajstić information content (AvgIpc) is 3.52. The van der Waals surface area contributed by atoms with Crippen molar-refractivity contribution in [1.29, 1.82) is 0 Å². The molecule has 0 aliphatic carbocycles. The average molecular weight is 440 g/mol. The highest BCUT2D eigenvalue weighted by Crippen LogP contribution is 2.39. The van der Waals surface area contributed by atoms with Crippen molar-refractivity contribution < 1.29 is 4.42 Å². The summed E-state index contributed by atoms with van der Waals surface area (Å²) < 4.78 is 6.43. The number of aryl methyl sites for hydroxylation is 1. The molecule has 1 saturated heterocycles. The Hall–Kier alpha value is -3.54. The molecular weight excluding hydrogens is 410 g/mol. The summed E-state index contributed by atoms with van der Waals surface area (Å²) in [5, 5.41) is 0. The van der Waals surface area contributed by atoms with E-state index in [1.54, 1.807) is 6.20 Å². The van der Waals surface area contributed by atoms with Crippen LogP contribution in [0.5, 0.6) is 0 Å². The molecule has 6 heteroatoms. The van der Waals surface area contributed by atoms with E-state index in [0.29, 0.717) is 5.82 Å². The van der Waals surface area contributed by atoms with Gasteiger partial charge in [0, 0.05) is 36.0 Å². The summed E-state index contributed by atoms with van der Waals surface area (Å²) in [5.41, 5.74) is 3.83. The van der Waals surface area contributed by atoms with Gasteiger partial charge in [0.15, 0.2) is 5.82 Å². The normalized spacial score (nSPS) is 16.0. The SMILES string of the molecule is CCc1cc(N2CCC[C@@H]2c2nc(-c3ccccc3)c(C(C)C)o2)nc(-c2ccccn2)n1. The maximum absolute atomic E-state index is 6.43. The van der Waals surface area contributed by atoms with Gasteiger partial charge in [-0.15, -0.1) is 0 Å². The second-order valence-electron chi connectivity index (χ2n) is 8.75. The van der Waals surface area contributed by atoms with Gasteiger partial charge < -0.3 is 9.32 Å². The topological polar surface area (TPSA) is 67.9 Å². The number of pyridine rings is 1. The molecule has 0 bridgehead atoms. The van der Waals surface area contributed by atoms with Gasteiger partial charge in [-0.3, -0.25) is 4.98 Å². The van der Waals surface area contributed by atoms with Crippen molar-refractivity contribution in [3.8, 4) is 22.8 Å². The quantitative estimate of drug-likeness (QED) is 0.355. The van der Waals surface area contributed by atoms with Gasteiger partial charge in [0.25, 0.3) is 0 Å². The molecule has 1 atom stereocenters. The highest BCUT2D eigenvalue weighted by atomic mass is 16.4. The molecule has 6 nitrogen and oxygen atoms in total. The van der Waals surface area contributed by atoms with Gasteiger partial charge in [0.1, 0.15) is 29.0 Å². The summed E-state index contributed by atoms with van der Waals surface area (Å²) in [6.45, 7) is 7.33. The summed E-state index contributed by atoms with van der Waals surface area (Å²) in [6, 6.07) is 18.3. The first kappa shape index (κ1) is 21.3. The van der Waals surface area contributed by atoms with Gasteiger partial charge in [-0.2, -0.15) is 0 Å². The molecule has 0 amide bonds. The van der Waals surface area contributed by atoms with Crippen LogP contribution in [-0.4, -0.2) is 26.5 Å². The summed E-state index contributed by atoms with van der Waals surface area (Å²) in [4.78, 5) is 21.4. The first-order valence-electron chi connectivity index (χ1n) is 11.8. The number of oxazole rings is 1. The Morgan fingerprint density at radius 2 is 1.85 bits per heavy atom. The standard InChI is InChI=1S/C27H29N5O/c1-4-20-17-23(30-26(29-20)21-13-8-9-15-28-21)32-16-10-14-22(32)27-31-24(25(33-27)18(2)3)19-11-6-5-7-12-19/h5-9,11-13,15,17-18,22H,4,10,14,16H2,1-3H3/t22-/m1/s1. The fraction of sp³-hybridized carbons (Fsp3) is 0.333. The van der Waals surface area contributed by atoms with Crippen LogP contribution in [0.15, 0.2) is 65.2 Å². The van der Waals surface area contributed by atoms with Crippen LogP contribution >= 0.6 is 0 Å². The van der Waals surface area contributed by atoms with E-state index in [0.717, 1.165) is 65.9 Å². The maximum Gasteiger partial charge on any atom is 0.217 e. The minimum atomic E-state index is 0.0520. The van der Waals surface area contributed by atoms with E-state index in [1.807, 2.05) is 36.4 Å². The van der Waals surface area contributed by atoms with E-state index in [1.165, 1.54) is 0 Å². The van der Waals surface area contributed by atoms with Gasteiger partial charge in [0.05, 0.1) is 0 Å². The van der Waals surface area contributed by atoms with Crippen LogP contribution < -0.4 is 4.90 Å². The molecule has 1 aromatic carbocycles. The predicted octanol–water partition coefficient (Wildman–Crippen LogP) is 6.22.